The molecule has 0 amide bonds. The summed E-state index contributed by atoms with van der Waals surface area (Å²) >= 11 is 0. The highest BCUT2D eigenvalue weighted by molar-refractivity contribution is 5.65. The van der Waals surface area contributed by atoms with Crippen molar-refractivity contribution < 1.29 is 0 Å². The quantitative estimate of drug-likeness (QED) is 0.468. The Labute approximate surface area is 177 Å². The van der Waals surface area contributed by atoms with Crippen LogP contribution >= 0.6 is 0 Å². The van der Waals surface area contributed by atoms with Gasteiger partial charge in [-0.25, -0.2) is 0 Å². The fraction of sp³-hybridized carbons (Fsp3) is 0.481. The molecule has 0 aromatic heterocycles. The molecule has 1 unspecified atom stereocenters. The standard InChI is InChI=1S/C27H38N2/c1-7-9-13-22(12-8-2)27(16-10-11-17-27)20(3)28-23-14-15-24-21(18-23)19-25(29-24)26(4,5)6/h8-9,12-15,18,25,28-29H,2-3,7,10-11,16-17,19H2,1,4-6H3/b13-9-,22-12+. The molecule has 1 aromatic rings. The summed E-state index contributed by atoms with van der Waals surface area (Å²) in [6.45, 7) is 17.6. The van der Waals surface area contributed by atoms with Crippen LogP contribution in [0.2, 0.25) is 0 Å². The van der Waals surface area contributed by atoms with E-state index in [1.165, 1.54) is 29.7 Å². The molecule has 29 heavy (non-hydrogen) atoms. The number of nitrogens with one attached hydrogen (secondary N) is 2. The van der Waals surface area contributed by atoms with Gasteiger partial charge in [-0.15, -0.1) is 0 Å². The highest BCUT2D eigenvalue weighted by Crippen LogP contribution is 2.50. The molecule has 0 saturated heterocycles. The van der Waals surface area contributed by atoms with Gasteiger partial charge in [0.2, 0.25) is 0 Å². The first kappa shape index (κ1) is 21.5. The van der Waals surface area contributed by atoms with E-state index < -0.39 is 0 Å². The van der Waals surface area contributed by atoms with Crippen molar-refractivity contribution in [3.05, 3.63) is 72.5 Å². The number of hydrogen-bond donors (Lipinski definition) is 2. The monoisotopic (exact) mass is 390 g/mol. The molecule has 1 saturated carbocycles. The van der Waals surface area contributed by atoms with Crippen molar-refractivity contribution in [3.8, 4) is 0 Å². The molecule has 1 aromatic carbocycles. The maximum atomic E-state index is 4.53. The van der Waals surface area contributed by atoms with Crippen molar-refractivity contribution in [2.24, 2.45) is 10.8 Å². The molecule has 1 heterocycles. The average Bonchev–Trinajstić information content (AvgIpc) is 3.32. The molecular weight excluding hydrogens is 352 g/mol. The van der Waals surface area contributed by atoms with Gasteiger partial charge in [-0.1, -0.05) is 78.0 Å². The number of rotatable bonds is 7. The van der Waals surface area contributed by atoms with Crippen molar-refractivity contribution in [1.82, 2.24) is 0 Å². The van der Waals surface area contributed by atoms with Crippen LogP contribution in [0, 0.1) is 10.8 Å². The Bertz CT molecular complexity index is 813. The molecule has 2 N–H and O–H groups in total. The third-order valence-electron chi connectivity index (χ3n) is 6.62. The summed E-state index contributed by atoms with van der Waals surface area (Å²) < 4.78 is 0. The Morgan fingerprint density at radius 3 is 2.62 bits per heavy atom. The highest BCUT2D eigenvalue weighted by atomic mass is 15.0. The summed E-state index contributed by atoms with van der Waals surface area (Å²) in [7, 11) is 0. The van der Waals surface area contributed by atoms with Gasteiger partial charge in [-0.2, -0.15) is 0 Å². The van der Waals surface area contributed by atoms with E-state index in [0.29, 0.717) is 6.04 Å². The Kier molecular flexibility index (Phi) is 6.41. The molecule has 1 atom stereocenters. The minimum atomic E-state index is -0.00886. The smallest absolute Gasteiger partial charge is 0.0386 e. The predicted molar refractivity (Wildman–Crippen MR) is 128 cm³/mol. The van der Waals surface area contributed by atoms with Crippen LogP contribution in [0.3, 0.4) is 0 Å². The zero-order valence-corrected chi connectivity index (χ0v) is 18.8. The molecule has 1 aliphatic heterocycles. The summed E-state index contributed by atoms with van der Waals surface area (Å²) in [5.41, 5.74) is 6.51. The van der Waals surface area contributed by atoms with Crippen molar-refractivity contribution >= 4 is 11.4 Å². The van der Waals surface area contributed by atoms with Gasteiger partial charge in [-0.3, -0.25) is 0 Å². The van der Waals surface area contributed by atoms with E-state index in [4.69, 9.17) is 0 Å². The van der Waals surface area contributed by atoms with E-state index in [9.17, 15) is 0 Å². The van der Waals surface area contributed by atoms with Crippen LogP contribution in [-0.2, 0) is 6.42 Å². The maximum absolute atomic E-state index is 4.53. The molecule has 1 fully saturated rings. The van der Waals surface area contributed by atoms with Crippen LogP contribution in [0.25, 0.3) is 0 Å². The lowest BCUT2D eigenvalue weighted by Crippen LogP contribution is -2.31. The fourth-order valence-corrected chi connectivity index (χ4v) is 4.75. The lowest BCUT2D eigenvalue weighted by Gasteiger charge is -2.34. The van der Waals surface area contributed by atoms with Crippen LogP contribution in [0.4, 0.5) is 11.4 Å². The Hall–Kier alpha value is -2.22. The van der Waals surface area contributed by atoms with Gasteiger partial charge in [0.25, 0.3) is 0 Å². The molecule has 2 heteroatoms. The molecule has 3 rings (SSSR count). The van der Waals surface area contributed by atoms with E-state index in [1.54, 1.807) is 0 Å². The normalized spacial score (nSPS) is 21.1. The summed E-state index contributed by atoms with van der Waals surface area (Å²) in [6, 6.07) is 7.19. The van der Waals surface area contributed by atoms with Crippen LogP contribution in [-0.4, -0.2) is 6.04 Å². The fourth-order valence-electron chi connectivity index (χ4n) is 4.75. The van der Waals surface area contributed by atoms with E-state index in [1.807, 2.05) is 6.08 Å². The Morgan fingerprint density at radius 2 is 2.00 bits per heavy atom. The molecule has 2 aliphatic rings. The number of benzene rings is 1. The van der Waals surface area contributed by atoms with E-state index >= 15 is 0 Å². The second kappa shape index (κ2) is 8.65. The Balaban J connectivity index is 1.83. The van der Waals surface area contributed by atoms with Crippen LogP contribution in [0.15, 0.2) is 66.9 Å². The third kappa shape index (κ3) is 4.52. The molecule has 0 bridgehead atoms. The summed E-state index contributed by atoms with van der Waals surface area (Å²) in [5.74, 6) is 0. The van der Waals surface area contributed by atoms with Gasteiger partial charge in [0.05, 0.1) is 0 Å². The second-order valence-electron chi connectivity index (χ2n) is 9.70. The van der Waals surface area contributed by atoms with Gasteiger partial charge in [0.15, 0.2) is 0 Å². The Morgan fingerprint density at radius 1 is 1.28 bits per heavy atom. The largest absolute Gasteiger partial charge is 0.381 e. The molecular formula is C27H38N2. The molecule has 0 spiro atoms. The van der Waals surface area contributed by atoms with Crippen LogP contribution in [0.5, 0.6) is 0 Å². The van der Waals surface area contributed by atoms with Gasteiger partial charge in [0, 0.05) is 28.5 Å². The highest BCUT2D eigenvalue weighted by Gasteiger charge is 2.39. The van der Waals surface area contributed by atoms with E-state index in [0.717, 1.165) is 37.1 Å². The summed E-state index contributed by atoms with van der Waals surface area (Å²) in [4.78, 5) is 0. The average molecular weight is 391 g/mol. The number of allylic oxidation sites excluding steroid dienone is 5. The number of anilines is 2. The van der Waals surface area contributed by atoms with Crippen molar-refractivity contribution in [1.29, 1.82) is 0 Å². The lowest BCUT2D eigenvalue weighted by molar-refractivity contribution is 0.347. The number of hydrogen-bond acceptors (Lipinski definition) is 2. The van der Waals surface area contributed by atoms with Crippen molar-refractivity contribution in [2.45, 2.75) is 72.3 Å². The lowest BCUT2D eigenvalue weighted by atomic mass is 9.75. The van der Waals surface area contributed by atoms with Gasteiger partial charge in [0.1, 0.15) is 0 Å². The first-order valence-corrected chi connectivity index (χ1v) is 11.2. The van der Waals surface area contributed by atoms with Gasteiger partial charge >= 0.3 is 0 Å². The maximum Gasteiger partial charge on any atom is 0.0386 e. The van der Waals surface area contributed by atoms with Crippen LogP contribution in [0.1, 0.15) is 65.4 Å². The summed E-state index contributed by atoms with van der Waals surface area (Å²) in [6.07, 6.45) is 15.5. The van der Waals surface area contributed by atoms with E-state index in [2.05, 4.69) is 87.9 Å². The van der Waals surface area contributed by atoms with Gasteiger partial charge < -0.3 is 10.6 Å². The molecule has 2 nitrogen and oxygen atoms in total. The zero-order valence-electron chi connectivity index (χ0n) is 18.8. The predicted octanol–water partition coefficient (Wildman–Crippen LogP) is 7.63. The van der Waals surface area contributed by atoms with Crippen molar-refractivity contribution in [3.63, 3.8) is 0 Å². The first-order valence-electron chi connectivity index (χ1n) is 11.2. The van der Waals surface area contributed by atoms with Crippen LogP contribution < -0.4 is 10.6 Å². The van der Waals surface area contributed by atoms with Gasteiger partial charge in [-0.05, 0) is 60.4 Å². The second-order valence-corrected chi connectivity index (χ2v) is 9.70. The number of fused-ring (bicyclic) bond motifs is 1. The minimum Gasteiger partial charge on any atom is -0.381 e. The van der Waals surface area contributed by atoms with E-state index in [-0.39, 0.29) is 10.8 Å². The first-order chi connectivity index (χ1) is 13.8. The molecule has 1 aliphatic carbocycles. The molecule has 156 valence electrons. The molecule has 0 radical (unpaired) electrons. The third-order valence-corrected chi connectivity index (χ3v) is 6.62. The summed E-state index contributed by atoms with van der Waals surface area (Å²) in [5, 5.41) is 7.39. The SMILES string of the molecule is C=C/C=C(\C=C/CC)C1(C(=C)Nc2ccc3c(c2)CC(C(C)(C)C)N3)CCCC1. The minimum absolute atomic E-state index is 0.00886. The van der Waals surface area contributed by atoms with Crippen molar-refractivity contribution in [2.75, 3.05) is 10.6 Å². The zero-order chi connectivity index (χ0) is 21.1. The topological polar surface area (TPSA) is 24.1 Å².